The third kappa shape index (κ3) is 4.68. The van der Waals surface area contributed by atoms with Crippen LogP contribution in [-0.2, 0) is 24.6 Å². The number of para-hydroxylation sites is 1. The van der Waals surface area contributed by atoms with Crippen molar-refractivity contribution in [1.82, 2.24) is 9.91 Å². The number of rotatable bonds is 5. The molecule has 5 aliphatic rings. The summed E-state index contributed by atoms with van der Waals surface area (Å²) in [5.41, 5.74) is 4.17. The first-order chi connectivity index (χ1) is 23.6. The van der Waals surface area contributed by atoms with Gasteiger partial charge in [0.05, 0.1) is 28.9 Å². The topological polar surface area (TPSA) is 107 Å². The number of hydrazine groups is 1. The van der Waals surface area contributed by atoms with Gasteiger partial charge in [-0.15, -0.1) is 0 Å². The van der Waals surface area contributed by atoms with E-state index in [-0.39, 0.29) is 30.0 Å². The second-order valence-corrected chi connectivity index (χ2v) is 14.7. The fourth-order valence-electron chi connectivity index (χ4n) is 9.64. The molecule has 6 unspecified atom stereocenters. The molecular formula is C39H37ClFN3O5. The fraction of sp³-hybridized carbons (Fsp3) is 0.385. The Labute approximate surface area is 288 Å². The fourth-order valence-corrected chi connectivity index (χ4v) is 9.76. The third-order valence-electron chi connectivity index (χ3n) is 11.8. The molecule has 0 aromatic heterocycles. The molecule has 10 heteroatoms. The van der Waals surface area contributed by atoms with Crippen LogP contribution in [0, 0.1) is 36.4 Å². The van der Waals surface area contributed by atoms with Crippen LogP contribution in [0.5, 0.6) is 5.75 Å². The van der Waals surface area contributed by atoms with Gasteiger partial charge in [0.25, 0.3) is 11.8 Å². The molecule has 0 spiro atoms. The summed E-state index contributed by atoms with van der Waals surface area (Å²) >= 11 is 6.35. The Kier molecular flexibility index (Phi) is 7.66. The van der Waals surface area contributed by atoms with Gasteiger partial charge in [-0.3, -0.25) is 29.5 Å². The smallest absolute Gasteiger partial charge is 0.260 e. The van der Waals surface area contributed by atoms with Crippen LogP contribution in [-0.4, -0.2) is 44.7 Å². The van der Waals surface area contributed by atoms with Gasteiger partial charge in [0.1, 0.15) is 11.6 Å². The molecule has 4 amide bonds. The number of hydrogen-bond donors (Lipinski definition) is 2. The molecule has 2 heterocycles. The van der Waals surface area contributed by atoms with Gasteiger partial charge in [0, 0.05) is 22.5 Å². The molecule has 2 aliphatic heterocycles. The quantitative estimate of drug-likeness (QED) is 0.226. The van der Waals surface area contributed by atoms with Crippen molar-refractivity contribution in [3.8, 4) is 5.75 Å². The molecule has 49 heavy (non-hydrogen) atoms. The number of imide groups is 2. The maximum Gasteiger partial charge on any atom is 0.260 e. The van der Waals surface area contributed by atoms with Crippen LogP contribution in [0.3, 0.4) is 0 Å². The average Bonchev–Trinajstić information content (AvgIpc) is 3.48. The number of carbonyl (C=O) groups is 4. The van der Waals surface area contributed by atoms with Crippen molar-refractivity contribution in [2.45, 2.75) is 69.2 Å². The van der Waals surface area contributed by atoms with E-state index in [1.807, 2.05) is 12.1 Å². The molecule has 252 valence electrons. The Balaban J connectivity index is 1.32. The summed E-state index contributed by atoms with van der Waals surface area (Å²) in [7, 11) is 0. The lowest BCUT2D eigenvalue weighted by atomic mass is 9.49. The van der Waals surface area contributed by atoms with E-state index in [9.17, 15) is 23.9 Å². The number of anilines is 1. The minimum atomic E-state index is -1.54. The highest BCUT2D eigenvalue weighted by atomic mass is 35.5. The molecule has 3 aromatic rings. The minimum absolute atomic E-state index is 0.00566. The molecule has 4 fully saturated rings. The van der Waals surface area contributed by atoms with Crippen molar-refractivity contribution in [3.63, 3.8) is 0 Å². The maximum absolute atomic E-state index is 15.2. The third-order valence-corrected chi connectivity index (χ3v) is 12.1. The Bertz CT molecular complexity index is 1910. The molecule has 3 aliphatic carbocycles. The first kappa shape index (κ1) is 31.7. The van der Waals surface area contributed by atoms with Crippen LogP contribution < -0.4 is 5.43 Å². The summed E-state index contributed by atoms with van der Waals surface area (Å²) < 4.78 is 13.8. The number of phenols is 1. The van der Waals surface area contributed by atoms with Crippen molar-refractivity contribution < 1.29 is 28.7 Å². The SMILES string of the molecule is Cc1cccc(C2C3=CCC4C(=O)N(C5CCCCC5)C(=O)C4C3CC3C(=O)N(Nc4ccc(F)cc4)C(=O)C32c2ccc(Cl)cc2)c1O. The largest absolute Gasteiger partial charge is 0.507 e. The summed E-state index contributed by atoms with van der Waals surface area (Å²) in [6, 6.07) is 17.5. The van der Waals surface area contributed by atoms with Gasteiger partial charge in [0.15, 0.2) is 0 Å². The van der Waals surface area contributed by atoms with E-state index in [1.165, 1.54) is 29.2 Å². The monoisotopic (exact) mass is 681 g/mol. The summed E-state index contributed by atoms with van der Waals surface area (Å²) in [5.74, 6) is -5.36. The average molecular weight is 682 g/mol. The number of halogens is 2. The first-order valence-corrected chi connectivity index (χ1v) is 17.5. The molecule has 2 saturated carbocycles. The zero-order chi connectivity index (χ0) is 34.2. The van der Waals surface area contributed by atoms with E-state index >= 15 is 4.79 Å². The van der Waals surface area contributed by atoms with E-state index < -0.39 is 52.6 Å². The zero-order valence-corrected chi connectivity index (χ0v) is 27.8. The Morgan fingerprint density at radius 3 is 2.31 bits per heavy atom. The van der Waals surface area contributed by atoms with Crippen molar-refractivity contribution >= 4 is 40.9 Å². The van der Waals surface area contributed by atoms with Crippen LogP contribution in [0.4, 0.5) is 10.1 Å². The van der Waals surface area contributed by atoms with E-state index in [4.69, 9.17) is 11.6 Å². The summed E-state index contributed by atoms with van der Waals surface area (Å²) in [5, 5.41) is 13.2. The lowest BCUT2D eigenvalue weighted by Gasteiger charge is -2.50. The molecule has 6 atom stereocenters. The summed E-state index contributed by atoms with van der Waals surface area (Å²) in [6.07, 6.45) is 7.09. The second kappa shape index (κ2) is 11.8. The highest BCUT2D eigenvalue weighted by Gasteiger charge is 2.70. The molecule has 0 radical (unpaired) electrons. The number of aromatic hydroxyl groups is 1. The number of nitrogens with one attached hydrogen (secondary N) is 1. The number of phenolic OH excluding ortho intramolecular Hbond substituents is 1. The van der Waals surface area contributed by atoms with Crippen LogP contribution in [0.25, 0.3) is 0 Å². The number of carbonyl (C=O) groups excluding carboxylic acids is 4. The number of fused-ring (bicyclic) bond motifs is 4. The Morgan fingerprint density at radius 2 is 1.59 bits per heavy atom. The maximum atomic E-state index is 15.2. The van der Waals surface area contributed by atoms with Gasteiger partial charge in [-0.2, -0.15) is 5.01 Å². The number of benzene rings is 3. The lowest BCUT2D eigenvalue weighted by Crippen LogP contribution is -2.53. The molecule has 3 aromatic carbocycles. The van der Waals surface area contributed by atoms with Gasteiger partial charge < -0.3 is 5.11 Å². The standard InChI is InChI=1S/C39H37ClFN3O5/c1-21-6-5-9-29(34(21)45)33-27-18-19-28-32(37(48)43(35(28)46)26-7-3-2-4-8-26)30(27)20-31-36(47)44(42-25-16-14-24(41)15-17-25)38(49)39(31,33)22-10-12-23(40)13-11-22/h5-6,9-18,26,28,30-33,42,45H,2-4,7-8,19-20H2,1H3. The Hall–Kier alpha value is -4.50. The van der Waals surface area contributed by atoms with E-state index in [0.29, 0.717) is 33.8 Å². The minimum Gasteiger partial charge on any atom is -0.507 e. The van der Waals surface area contributed by atoms with Gasteiger partial charge >= 0.3 is 0 Å². The van der Waals surface area contributed by atoms with Crippen molar-refractivity contribution in [2.24, 2.45) is 23.7 Å². The van der Waals surface area contributed by atoms with Crippen molar-refractivity contribution in [2.75, 3.05) is 5.43 Å². The second-order valence-electron chi connectivity index (χ2n) is 14.2. The zero-order valence-electron chi connectivity index (χ0n) is 27.1. The number of aryl methyl sites for hydroxylation is 1. The highest BCUT2D eigenvalue weighted by Crippen LogP contribution is 2.65. The predicted molar refractivity (Wildman–Crippen MR) is 181 cm³/mol. The van der Waals surface area contributed by atoms with Crippen LogP contribution in [0.1, 0.15) is 67.6 Å². The molecule has 2 saturated heterocycles. The number of allylic oxidation sites excluding steroid dienone is 2. The number of hydrogen-bond acceptors (Lipinski definition) is 6. The highest BCUT2D eigenvalue weighted by molar-refractivity contribution is 6.30. The molecule has 8 nitrogen and oxygen atoms in total. The Morgan fingerprint density at radius 1 is 0.878 bits per heavy atom. The van der Waals surface area contributed by atoms with E-state index in [0.717, 1.165) is 42.7 Å². The van der Waals surface area contributed by atoms with Crippen molar-refractivity contribution in [1.29, 1.82) is 0 Å². The van der Waals surface area contributed by atoms with Gasteiger partial charge in [-0.05, 0) is 86.1 Å². The predicted octanol–water partition coefficient (Wildman–Crippen LogP) is 6.81. The van der Waals surface area contributed by atoms with Crippen LogP contribution in [0.15, 0.2) is 78.4 Å². The van der Waals surface area contributed by atoms with Crippen molar-refractivity contribution in [3.05, 3.63) is 106 Å². The normalized spacial score (nSPS) is 29.9. The number of amides is 4. The number of nitrogens with zero attached hydrogens (tertiary/aromatic N) is 2. The summed E-state index contributed by atoms with van der Waals surface area (Å²) in [6.45, 7) is 1.78. The van der Waals surface area contributed by atoms with Gasteiger partial charge in [-0.25, -0.2) is 4.39 Å². The summed E-state index contributed by atoms with van der Waals surface area (Å²) in [4.78, 5) is 59.8. The number of likely N-dealkylation sites (tertiary alicyclic amines) is 1. The lowest BCUT2D eigenvalue weighted by molar-refractivity contribution is -0.144. The van der Waals surface area contributed by atoms with E-state index in [1.54, 1.807) is 43.3 Å². The molecule has 0 bridgehead atoms. The molecular weight excluding hydrogens is 645 g/mol. The first-order valence-electron chi connectivity index (χ1n) is 17.1. The van der Waals surface area contributed by atoms with Gasteiger partial charge in [-0.1, -0.05) is 72.8 Å². The van der Waals surface area contributed by atoms with Crippen LogP contribution >= 0.6 is 11.6 Å². The van der Waals surface area contributed by atoms with Gasteiger partial charge in [0.2, 0.25) is 11.8 Å². The molecule has 8 rings (SSSR count). The van der Waals surface area contributed by atoms with E-state index in [2.05, 4.69) is 5.43 Å². The molecule has 2 N–H and O–H groups in total. The van der Waals surface area contributed by atoms with Crippen LogP contribution in [0.2, 0.25) is 5.02 Å².